The van der Waals surface area contributed by atoms with Gasteiger partial charge in [-0.1, -0.05) is 0 Å². The topological polar surface area (TPSA) is 60.7 Å². The summed E-state index contributed by atoms with van der Waals surface area (Å²) in [5, 5.41) is 0.207. The molecule has 0 aromatic heterocycles. The normalized spacial score (nSPS) is 16.1. The van der Waals surface area contributed by atoms with Crippen LogP contribution in [0.25, 0.3) is 0 Å². The minimum absolute atomic E-state index is 0.0337. The van der Waals surface area contributed by atoms with Gasteiger partial charge in [-0.05, 0) is 0 Å². The van der Waals surface area contributed by atoms with Crippen molar-refractivity contribution < 1.29 is 32.5 Å². The molecule has 0 aliphatic rings. The first-order valence-electron chi connectivity index (χ1n) is 6.21. The molecule has 3 N–H and O–H groups in total. The number of hydrogen-bond acceptors (Lipinski definition) is 3. The van der Waals surface area contributed by atoms with Crippen LogP contribution in [0, 0.1) is 0 Å². The number of hydrogen-bond donors (Lipinski definition) is 3. The van der Waals surface area contributed by atoms with Crippen molar-refractivity contribution in [3.8, 4) is 0 Å². The van der Waals surface area contributed by atoms with Crippen LogP contribution in [-0.4, -0.2) is 14.7 Å². The molecule has 112 valence electrons. The molecule has 0 saturated carbocycles. The zero-order valence-electron chi connectivity index (χ0n) is 12.4. The number of rotatable bonds is 1. The first kappa shape index (κ1) is 17.2. The van der Waals surface area contributed by atoms with Crippen LogP contribution in [0.3, 0.4) is 0 Å². The van der Waals surface area contributed by atoms with Crippen molar-refractivity contribution in [3.05, 3.63) is 29.3 Å². The van der Waals surface area contributed by atoms with E-state index in [1.807, 2.05) is 50.7 Å². The van der Waals surface area contributed by atoms with Crippen LogP contribution >= 0.6 is 5.62 Å². The van der Waals surface area contributed by atoms with Gasteiger partial charge in [-0.25, -0.2) is 0 Å². The first-order valence-corrected chi connectivity index (χ1v) is 10.4. The molecule has 0 unspecified atom stereocenters. The average molecular weight is 374 g/mol. The Kier molecular flexibility index (Phi) is 4.15. The van der Waals surface area contributed by atoms with E-state index < -0.39 is 5.62 Å². The summed E-state index contributed by atoms with van der Waals surface area (Å²) in [6.45, 7) is 12.3. The van der Waals surface area contributed by atoms with Crippen molar-refractivity contribution >= 4 is 10.9 Å². The SMILES string of the molecule is CC(C)(C)c1ccc([P](O)(O)(O)[Rh])c(C(C)(C)C)c1. The Hall–Kier alpha value is 0.153. The molecule has 1 aromatic carbocycles. The fourth-order valence-corrected chi connectivity index (χ4v) is 4.02. The number of benzene rings is 1. The molecule has 0 aliphatic heterocycles. The Morgan fingerprint density at radius 3 is 1.68 bits per heavy atom. The second-order valence-electron chi connectivity index (χ2n) is 7.07. The van der Waals surface area contributed by atoms with Gasteiger partial charge >= 0.3 is 125 Å². The molecule has 0 aliphatic carbocycles. The van der Waals surface area contributed by atoms with Crippen LogP contribution in [-0.2, 0) is 28.7 Å². The molecule has 0 saturated heterocycles. The van der Waals surface area contributed by atoms with Crippen molar-refractivity contribution in [3.63, 3.8) is 0 Å². The Morgan fingerprint density at radius 1 is 0.895 bits per heavy atom. The molecule has 0 atom stereocenters. The van der Waals surface area contributed by atoms with Gasteiger partial charge in [0.05, 0.1) is 0 Å². The van der Waals surface area contributed by atoms with Gasteiger partial charge in [0.15, 0.2) is 0 Å². The van der Waals surface area contributed by atoms with Gasteiger partial charge in [-0.15, -0.1) is 0 Å². The summed E-state index contributed by atoms with van der Waals surface area (Å²) in [6, 6.07) is 5.42. The summed E-state index contributed by atoms with van der Waals surface area (Å²) >= 11 is 2.05. The van der Waals surface area contributed by atoms with E-state index in [2.05, 4.69) is 20.8 Å². The maximum atomic E-state index is 9.98. The van der Waals surface area contributed by atoms with E-state index in [4.69, 9.17) is 0 Å². The third-order valence-corrected chi connectivity index (χ3v) is 5.46. The standard InChI is InChI=1S/C14H24O3P.Rh/c1-13(2,3)10-7-8-12(18(15,16)17)11(9-10)14(4,5)6;/h7-9,15-17H,1-6H3;/q+1;-1. The molecule has 0 radical (unpaired) electrons. The van der Waals surface area contributed by atoms with Crippen LogP contribution in [0.15, 0.2) is 18.2 Å². The third kappa shape index (κ3) is 4.31. The molecule has 0 heterocycles. The van der Waals surface area contributed by atoms with Crippen molar-refractivity contribution in [1.82, 2.24) is 0 Å². The molecular formula is C14H24O3PRh. The Bertz CT molecular complexity index is 481. The molecule has 1 rings (SSSR count). The summed E-state index contributed by atoms with van der Waals surface area (Å²) < 4.78 is 0. The molecule has 1 aromatic rings. The summed E-state index contributed by atoms with van der Waals surface area (Å²) in [4.78, 5) is 30.0. The molecular weight excluding hydrogens is 350 g/mol. The summed E-state index contributed by atoms with van der Waals surface area (Å²) in [5.41, 5.74) is -3.32. The van der Waals surface area contributed by atoms with Gasteiger partial charge in [0.25, 0.3) is 0 Å². The second kappa shape index (κ2) is 4.58. The predicted molar refractivity (Wildman–Crippen MR) is 77.1 cm³/mol. The van der Waals surface area contributed by atoms with Gasteiger partial charge in [0.2, 0.25) is 0 Å². The van der Waals surface area contributed by atoms with Gasteiger partial charge in [0, 0.05) is 0 Å². The molecule has 3 nitrogen and oxygen atoms in total. The van der Waals surface area contributed by atoms with Gasteiger partial charge in [0.1, 0.15) is 0 Å². The minimum atomic E-state index is -4.85. The zero-order chi connectivity index (χ0) is 15.3. The second-order valence-corrected chi connectivity index (χ2v) is 13.3. The van der Waals surface area contributed by atoms with E-state index in [1.165, 1.54) is 0 Å². The summed E-state index contributed by atoms with van der Waals surface area (Å²) in [5.74, 6) is 0. The van der Waals surface area contributed by atoms with Crippen LogP contribution in [0.2, 0.25) is 0 Å². The Labute approximate surface area is 125 Å². The molecule has 0 spiro atoms. The fraction of sp³-hybridized carbons (Fsp3) is 0.571. The van der Waals surface area contributed by atoms with Gasteiger partial charge in [-0.2, -0.15) is 0 Å². The van der Waals surface area contributed by atoms with E-state index in [-0.39, 0.29) is 16.1 Å². The van der Waals surface area contributed by atoms with Gasteiger partial charge in [-0.3, -0.25) is 0 Å². The van der Waals surface area contributed by atoms with E-state index >= 15 is 0 Å². The Morgan fingerprint density at radius 2 is 1.37 bits per heavy atom. The van der Waals surface area contributed by atoms with E-state index in [0.717, 1.165) is 11.1 Å². The average Bonchev–Trinajstić information content (AvgIpc) is 2.11. The predicted octanol–water partition coefficient (Wildman–Crippen LogP) is 2.64. The van der Waals surface area contributed by atoms with Crippen molar-refractivity contribution in [2.75, 3.05) is 0 Å². The molecule has 0 fully saturated rings. The molecule has 0 bridgehead atoms. The Balaban J connectivity index is 3.62. The van der Waals surface area contributed by atoms with Crippen molar-refractivity contribution in [1.29, 1.82) is 0 Å². The summed E-state index contributed by atoms with van der Waals surface area (Å²) in [7, 11) is 0. The van der Waals surface area contributed by atoms with Crippen LogP contribution < -0.4 is 5.30 Å². The van der Waals surface area contributed by atoms with E-state index in [1.54, 1.807) is 6.07 Å². The first-order chi connectivity index (χ1) is 8.09. The fourth-order valence-electron chi connectivity index (χ4n) is 1.93. The van der Waals surface area contributed by atoms with Crippen molar-refractivity contribution in [2.24, 2.45) is 0 Å². The monoisotopic (exact) mass is 374 g/mol. The van der Waals surface area contributed by atoms with Crippen LogP contribution in [0.5, 0.6) is 0 Å². The molecule has 19 heavy (non-hydrogen) atoms. The molecule has 0 amide bonds. The summed E-state index contributed by atoms with van der Waals surface area (Å²) in [6.07, 6.45) is 0. The maximum absolute atomic E-state index is 9.98. The van der Waals surface area contributed by atoms with Crippen LogP contribution in [0.4, 0.5) is 0 Å². The van der Waals surface area contributed by atoms with E-state index in [9.17, 15) is 14.7 Å². The van der Waals surface area contributed by atoms with Gasteiger partial charge < -0.3 is 0 Å². The molecule has 5 heteroatoms. The van der Waals surface area contributed by atoms with E-state index in [0.29, 0.717) is 0 Å². The quantitative estimate of drug-likeness (QED) is 0.523. The zero-order valence-corrected chi connectivity index (χ0v) is 14.9. The third-order valence-electron chi connectivity index (χ3n) is 3.07. The van der Waals surface area contributed by atoms with Crippen LogP contribution in [0.1, 0.15) is 52.7 Å². The van der Waals surface area contributed by atoms with Crippen molar-refractivity contribution in [2.45, 2.75) is 52.4 Å².